The first-order valence-electron chi connectivity index (χ1n) is 8.33. The van der Waals surface area contributed by atoms with Crippen LogP contribution in [0.4, 0.5) is 0 Å². The fourth-order valence-electron chi connectivity index (χ4n) is 2.70. The number of rotatable bonds is 8. The maximum atomic E-state index is 10.9. The Balaban J connectivity index is 3.00. The van der Waals surface area contributed by atoms with Gasteiger partial charge in [0.05, 0.1) is 19.8 Å². The van der Waals surface area contributed by atoms with Crippen LogP contribution in [0.5, 0.6) is 0 Å². The average Bonchev–Trinajstić information content (AvgIpc) is 2.43. The molecule has 0 saturated heterocycles. The summed E-state index contributed by atoms with van der Waals surface area (Å²) in [6, 6.07) is 9.74. The van der Waals surface area contributed by atoms with E-state index in [1.165, 1.54) is 0 Å². The van der Waals surface area contributed by atoms with Gasteiger partial charge < -0.3 is 10.2 Å². The molecule has 2 N–H and O–H groups in total. The first kappa shape index (κ1) is 19.1. The van der Waals surface area contributed by atoms with Gasteiger partial charge in [0.15, 0.2) is 0 Å². The van der Waals surface area contributed by atoms with Gasteiger partial charge in [-0.1, -0.05) is 75.4 Å². The molecule has 1 rings (SSSR count). The Morgan fingerprint density at radius 1 is 1.23 bits per heavy atom. The molecule has 124 valence electrons. The highest BCUT2D eigenvalue weighted by molar-refractivity contribution is 6.81. The molecule has 0 aromatic heterocycles. The lowest BCUT2D eigenvalue weighted by molar-refractivity contribution is 0.0490. The van der Waals surface area contributed by atoms with Crippen molar-refractivity contribution in [3.8, 4) is 0 Å². The van der Waals surface area contributed by atoms with E-state index in [0.717, 1.165) is 30.4 Å². The fraction of sp³-hybridized carbons (Fsp3) is 0.579. The number of aliphatic hydroxyl groups is 2. The first-order valence-corrected chi connectivity index (χ1v) is 11.9. The van der Waals surface area contributed by atoms with Crippen LogP contribution in [0.1, 0.15) is 45.1 Å². The lowest BCUT2D eigenvalue weighted by atomic mass is 9.87. The zero-order valence-corrected chi connectivity index (χ0v) is 15.8. The SMILES string of the molecule is CCCCC(O)/C(=C/[Si](C)(C)C)CC(C)(O)c1ccccc1. The Bertz CT molecular complexity index is 472. The second-order valence-corrected chi connectivity index (χ2v) is 12.6. The molecule has 2 unspecified atom stereocenters. The van der Waals surface area contributed by atoms with Crippen molar-refractivity contribution >= 4 is 8.07 Å². The molecule has 0 aliphatic heterocycles. The molecule has 1 aromatic rings. The average molecular weight is 321 g/mol. The summed E-state index contributed by atoms with van der Waals surface area (Å²) in [5.41, 5.74) is 3.21. The van der Waals surface area contributed by atoms with Gasteiger partial charge in [-0.05, 0) is 24.5 Å². The van der Waals surface area contributed by atoms with Crippen molar-refractivity contribution in [3.05, 3.63) is 47.2 Å². The van der Waals surface area contributed by atoms with Gasteiger partial charge in [-0.25, -0.2) is 0 Å². The second-order valence-electron chi connectivity index (χ2n) is 7.56. The second kappa shape index (κ2) is 8.09. The predicted molar refractivity (Wildman–Crippen MR) is 97.6 cm³/mol. The molecule has 0 radical (unpaired) electrons. The molecule has 3 heteroatoms. The number of unbranched alkanes of at least 4 members (excludes halogenated alkanes) is 1. The van der Waals surface area contributed by atoms with Crippen molar-refractivity contribution in [3.63, 3.8) is 0 Å². The normalized spacial score (nSPS) is 17.1. The summed E-state index contributed by atoms with van der Waals surface area (Å²) in [4.78, 5) is 0. The zero-order valence-electron chi connectivity index (χ0n) is 14.8. The molecule has 0 bridgehead atoms. The molecule has 0 aliphatic carbocycles. The van der Waals surface area contributed by atoms with Crippen molar-refractivity contribution in [1.29, 1.82) is 0 Å². The fourth-order valence-corrected chi connectivity index (χ4v) is 4.11. The van der Waals surface area contributed by atoms with Crippen molar-refractivity contribution < 1.29 is 10.2 Å². The molecule has 22 heavy (non-hydrogen) atoms. The topological polar surface area (TPSA) is 40.5 Å². The number of benzene rings is 1. The highest BCUT2D eigenvalue weighted by Gasteiger charge is 2.28. The summed E-state index contributed by atoms with van der Waals surface area (Å²) in [6.45, 7) is 10.8. The third-order valence-electron chi connectivity index (χ3n) is 3.82. The molecule has 2 atom stereocenters. The molecule has 1 aromatic carbocycles. The predicted octanol–water partition coefficient (Wildman–Crippen LogP) is 4.64. The van der Waals surface area contributed by atoms with Crippen LogP contribution in [0.25, 0.3) is 0 Å². The Morgan fingerprint density at radius 3 is 2.32 bits per heavy atom. The van der Waals surface area contributed by atoms with Crippen LogP contribution >= 0.6 is 0 Å². The van der Waals surface area contributed by atoms with E-state index in [2.05, 4.69) is 32.3 Å². The summed E-state index contributed by atoms with van der Waals surface area (Å²) >= 11 is 0. The summed E-state index contributed by atoms with van der Waals surface area (Å²) in [7, 11) is -1.46. The minimum Gasteiger partial charge on any atom is -0.389 e. The quantitative estimate of drug-likeness (QED) is 0.685. The van der Waals surface area contributed by atoms with Gasteiger partial charge in [0.25, 0.3) is 0 Å². The van der Waals surface area contributed by atoms with Crippen LogP contribution in [0.15, 0.2) is 41.6 Å². The first-order chi connectivity index (χ1) is 10.2. The van der Waals surface area contributed by atoms with Crippen LogP contribution in [-0.4, -0.2) is 24.4 Å². The van der Waals surface area contributed by atoms with Crippen LogP contribution in [-0.2, 0) is 5.60 Å². The monoisotopic (exact) mass is 320 g/mol. The Hall–Kier alpha value is -0.903. The summed E-state index contributed by atoms with van der Waals surface area (Å²) in [5, 5.41) is 21.4. The highest BCUT2D eigenvalue weighted by atomic mass is 28.3. The van der Waals surface area contributed by atoms with Gasteiger partial charge in [0.1, 0.15) is 0 Å². The minimum atomic E-state index is -1.46. The Kier molecular flexibility index (Phi) is 7.04. The van der Waals surface area contributed by atoms with E-state index in [-0.39, 0.29) is 0 Å². The van der Waals surface area contributed by atoms with E-state index in [4.69, 9.17) is 0 Å². The summed E-state index contributed by atoms with van der Waals surface area (Å²) in [5.74, 6) is 0. The van der Waals surface area contributed by atoms with E-state index in [1.807, 2.05) is 37.3 Å². The summed E-state index contributed by atoms with van der Waals surface area (Å²) in [6.07, 6.45) is 2.91. The molecule has 0 heterocycles. The van der Waals surface area contributed by atoms with Crippen LogP contribution in [0.3, 0.4) is 0 Å². The van der Waals surface area contributed by atoms with E-state index >= 15 is 0 Å². The number of aliphatic hydroxyl groups excluding tert-OH is 1. The van der Waals surface area contributed by atoms with Gasteiger partial charge in [0, 0.05) is 6.42 Å². The minimum absolute atomic E-state index is 0.443. The lowest BCUT2D eigenvalue weighted by Gasteiger charge is -2.29. The Morgan fingerprint density at radius 2 is 1.82 bits per heavy atom. The van der Waals surface area contributed by atoms with E-state index in [9.17, 15) is 10.2 Å². The van der Waals surface area contributed by atoms with Crippen molar-refractivity contribution in [2.24, 2.45) is 0 Å². The van der Waals surface area contributed by atoms with E-state index < -0.39 is 19.8 Å². The van der Waals surface area contributed by atoms with Crippen LogP contribution < -0.4 is 0 Å². The highest BCUT2D eigenvalue weighted by Crippen LogP contribution is 2.31. The van der Waals surface area contributed by atoms with E-state index in [1.54, 1.807) is 0 Å². The van der Waals surface area contributed by atoms with Crippen molar-refractivity contribution in [1.82, 2.24) is 0 Å². The van der Waals surface area contributed by atoms with Crippen LogP contribution in [0.2, 0.25) is 19.6 Å². The summed E-state index contributed by atoms with van der Waals surface area (Å²) < 4.78 is 0. The number of hydrogen-bond acceptors (Lipinski definition) is 2. The zero-order chi connectivity index (χ0) is 16.8. The number of hydrogen-bond donors (Lipinski definition) is 2. The maximum Gasteiger partial charge on any atom is 0.0906 e. The molecule has 0 aliphatic rings. The standard InChI is InChI=1S/C19H32O2Si/c1-6-7-13-18(20)16(15-22(3,4)5)14-19(2,21)17-11-9-8-10-12-17/h8-12,15,18,20-21H,6-7,13-14H2,1-5H3/b16-15+. The molecule has 2 nitrogen and oxygen atoms in total. The molecule has 0 fully saturated rings. The smallest absolute Gasteiger partial charge is 0.0906 e. The van der Waals surface area contributed by atoms with Gasteiger partial charge in [0.2, 0.25) is 0 Å². The van der Waals surface area contributed by atoms with Crippen molar-refractivity contribution in [2.75, 3.05) is 0 Å². The molecule has 0 amide bonds. The third-order valence-corrected chi connectivity index (χ3v) is 5.06. The largest absolute Gasteiger partial charge is 0.389 e. The van der Waals surface area contributed by atoms with Gasteiger partial charge in [-0.15, -0.1) is 0 Å². The van der Waals surface area contributed by atoms with Gasteiger partial charge in [-0.2, -0.15) is 0 Å². The third kappa shape index (κ3) is 6.47. The molecule has 0 saturated carbocycles. The van der Waals surface area contributed by atoms with Gasteiger partial charge in [-0.3, -0.25) is 0 Å². The van der Waals surface area contributed by atoms with E-state index in [0.29, 0.717) is 6.42 Å². The van der Waals surface area contributed by atoms with Crippen molar-refractivity contribution in [2.45, 2.75) is 70.9 Å². The maximum absolute atomic E-state index is 10.9. The molecular formula is C19H32O2Si. The molecule has 0 spiro atoms. The Labute approximate surface area is 136 Å². The van der Waals surface area contributed by atoms with Crippen LogP contribution in [0, 0.1) is 0 Å². The lowest BCUT2D eigenvalue weighted by Crippen LogP contribution is -2.28. The van der Waals surface area contributed by atoms with Gasteiger partial charge >= 0.3 is 0 Å². The molecular weight excluding hydrogens is 288 g/mol.